The van der Waals surface area contributed by atoms with E-state index >= 15 is 0 Å². The third kappa shape index (κ3) is 3.37. The van der Waals surface area contributed by atoms with Gasteiger partial charge in [-0.05, 0) is 35.7 Å². The molecule has 0 radical (unpaired) electrons. The van der Waals surface area contributed by atoms with Crippen LogP contribution in [0.25, 0.3) is 16.3 Å². The van der Waals surface area contributed by atoms with Gasteiger partial charge in [0.05, 0.1) is 22.5 Å². The van der Waals surface area contributed by atoms with Gasteiger partial charge in [-0.15, -0.1) is 0 Å². The zero-order valence-corrected chi connectivity index (χ0v) is 17.3. The number of hydrogen-bond acceptors (Lipinski definition) is 3. The number of nitrogens with one attached hydrogen (secondary N) is 2. The number of fused-ring (bicyclic) bond motifs is 4. The molecule has 2 N–H and O–H groups in total. The number of aromatic nitrogens is 2. The van der Waals surface area contributed by atoms with Crippen molar-refractivity contribution in [3.63, 3.8) is 0 Å². The third-order valence-corrected chi connectivity index (χ3v) is 6.09. The first kappa shape index (κ1) is 21.2. The Morgan fingerprint density at radius 2 is 1.91 bits per heavy atom. The predicted octanol–water partition coefficient (Wildman–Crippen LogP) is 3.91. The van der Waals surface area contributed by atoms with Crippen LogP contribution in [0, 0.1) is 11.6 Å². The largest absolute Gasteiger partial charge is 0.333 e. The molecule has 0 aliphatic carbocycles. The fraction of sp³-hybridized carbons (Fsp3) is 0.217. The highest BCUT2D eigenvalue weighted by Gasteiger charge is 2.31. The van der Waals surface area contributed by atoms with Gasteiger partial charge in [-0.2, -0.15) is 0 Å². The van der Waals surface area contributed by atoms with Crippen molar-refractivity contribution in [1.29, 1.82) is 0 Å². The van der Waals surface area contributed by atoms with Crippen LogP contribution in [-0.4, -0.2) is 33.8 Å². The number of carbonyl (C=O) groups is 1. The average molecular weight is 458 g/mol. The number of carbonyl (C=O) groups excluding carboxylic acids is 1. The highest BCUT2D eigenvalue weighted by atomic mass is 19.3. The van der Waals surface area contributed by atoms with Crippen molar-refractivity contribution in [2.75, 3.05) is 13.6 Å². The van der Waals surface area contributed by atoms with Crippen LogP contribution in [0.1, 0.15) is 39.6 Å². The molecule has 0 bridgehead atoms. The number of H-pyrrole nitrogens is 1. The smallest absolute Gasteiger partial charge is 0.265 e. The van der Waals surface area contributed by atoms with E-state index in [2.05, 4.69) is 10.3 Å². The number of nitrogens with zero attached hydrogens (tertiary/aromatic N) is 2. The second kappa shape index (κ2) is 7.73. The van der Waals surface area contributed by atoms with Crippen molar-refractivity contribution < 1.29 is 22.4 Å². The van der Waals surface area contributed by atoms with E-state index in [9.17, 15) is 27.2 Å². The van der Waals surface area contributed by atoms with E-state index in [1.54, 1.807) is 6.20 Å². The SMILES string of the molecule is CN(C(=O)c1cc2c(C(F)F)cccn2c1)C1CNCc2[nH]c(=O)c3cc(F)c(F)cc3c21. The molecule has 0 spiro atoms. The average Bonchev–Trinajstić information content (AvgIpc) is 3.23. The number of likely N-dealkylation sites (N-methyl/N-ethyl adjacent to an activating group) is 1. The van der Waals surface area contributed by atoms with E-state index in [1.807, 2.05) is 0 Å². The number of aromatic amines is 1. The van der Waals surface area contributed by atoms with Gasteiger partial charge in [-0.25, -0.2) is 17.6 Å². The molecule has 1 unspecified atom stereocenters. The van der Waals surface area contributed by atoms with Crippen LogP contribution in [0.2, 0.25) is 0 Å². The van der Waals surface area contributed by atoms with Crippen LogP contribution in [0.5, 0.6) is 0 Å². The van der Waals surface area contributed by atoms with E-state index in [0.717, 1.165) is 12.1 Å². The van der Waals surface area contributed by atoms with Gasteiger partial charge in [-0.3, -0.25) is 9.59 Å². The number of halogens is 4. The zero-order valence-electron chi connectivity index (χ0n) is 17.3. The highest BCUT2D eigenvalue weighted by molar-refractivity contribution is 5.96. The summed E-state index contributed by atoms with van der Waals surface area (Å²) in [5.74, 6) is -2.68. The topological polar surface area (TPSA) is 69.6 Å². The van der Waals surface area contributed by atoms with Gasteiger partial charge in [0, 0.05) is 49.4 Å². The van der Waals surface area contributed by atoms with Crippen molar-refractivity contribution >= 4 is 22.2 Å². The molecular weight excluding hydrogens is 440 g/mol. The maximum atomic E-state index is 14.1. The zero-order chi connectivity index (χ0) is 23.4. The Balaban J connectivity index is 1.60. The molecule has 6 nitrogen and oxygen atoms in total. The standard InChI is InChI=1S/C23H18F4N4O2/c1-30(23(33)11-5-18-12(21(26)27)3-2-4-31(18)10-11)19-9-28-8-17-20(19)13-6-15(24)16(25)7-14(13)22(32)29-17/h2-7,10,19,21,28H,8-9H2,1H3,(H,29,32). The Morgan fingerprint density at radius 3 is 2.64 bits per heavy atom. The second-order valence-corrected chi connectivity index (χ2v) is 8.01. The molecule has 1 aliphatic heterocycles. The third-order valence-electron chi connectivity index (χ3n) is 6.09. The van der Waals surface area contributed by atoms with Gasteiger partial charge < -0.3 is 19.6 Å². The summed E-state index contributed by atoms with van der Waals surface area (Å²) in [6.07, 6.45) is 0.347. The van der Waals surface area contributed by atoms with E-state index in [4.69, 9.17) is 0 Å². The normalized spacial score (nSPS) is 15.9. The van der Waals surface area contributed by atoms with Crippen LogP contribution in [0.4, 0.5) is 17.6 Å². The van der Waals surface area contributed by atoms with Crippen LogP contribution in [-0.2, 0) is 6.54 Å². The summed E-state index contributed by atoms with van der Waals surface area (Å²) in [4.78, 5) is 29.8. The molecule has 4 aromatic rings. The van der Waals surface area contributed by atoms with E-state index in [1.165, 1.54) is 40.7 Å². The molecule has 4 heterocycles. The fourth-order valence-electron chi connectivity index (χ4n) is 4.48. The molecule has 170 valence electrons. The first-order chi connectivity index (χ1) is 15.8. The minimum absolute atomic E-state index is 0.0171. The number of benzene rings is 1. The van der Waals surface area contributed by atoms with E-state index < -0.39 is 35.6 Å². The lowest BCUT2D eigenvalue weighted by molar-refractivity contribution is 0.0723. The Hall–Kier alpha value is -3.66. The fourth-order valence-corrected chi connectivity index (χ4v) is 4.48. The van der Waals surface area contributed by atoms with Crippen molar-refractivity contribution in [1.82, 2.24) is 19.6 Å². The van der Waals surface area contributed by atoms with Gasteiger partial charge in [0.1, 0.15) is 0 Å². The Labute approximate surface area is 184 Å². The van der Waals surface area contributed by atoms with E-state index in [-0.39, 0.29) is 34.0 Å². The predicted molar refractivity (Wildman–Crippen MR) is 113 cm³/mol. The molecule has 33 heavy (non-hydrogen) atoms. The summed E-state index contributed by atoms with van der Waals surface area (Å²) in [5, 5.41) is 3.32. The molecule has 0 saturated carbocycles. The maximum Gasteiger partial charge on any atom is 0.265 e. The number of alkyl halides is 2. The Kier molecular flexibility index (Phi) is 4.97. The summed E-state index contributed by atoms with van der Waals surface area (Å²) in [6, 6.07) is 5.37. The lowest BCUT2D eigenvalue weighted by Crippen LogP contribution is -2.42. The number of amides is 1. The molecule has 1 atom stereocenters. The molecule has 1 amide bonds. The quantitative estimate of drug-likeness (QED) is 0.458. The second-order valence-electron chi connectivity index (χ2n) is 8.01. The molecule has 1 aromatic carbocycles. The van der Waals surface area contributed by atoms with Gasteiger partial charge in [-0.1, -0.05) is 0 Å². The number of hydrogen-bond donors (Lipinski definition) is 2. The van der Waals surface area contributed by atoms with Gasteiger partial charge in [0.25, 0.3) is 17.9 Å². The first-order valence-electron chi connectivity index (χ1n) is 10.2. The Bertz CT molecular complexity index is 1480. The molecule has 0 fully saturated rings. The molecular formula is C23H18F4N4O2. The minimum atomic E-state index is -2.70. The lowest BCUT2D eigenvalue weighted by atomic mass is 9.93. The van der Waals surface area contributed by atoms with Crippen molar-refractivity contribution in [3.8, 4) is 0 Å². The molecule has 0 saturated heterocycles. The molecule has 10 heteroatoms. The molecule has 5 rings (SSSR count). The van der Waals surface area contributed by atoms with Gasteiger partial charge in [0.2, 0.25) is 0 Å². The van der Waals surface area contributed by atoms with Crippen LogP contribution < -0.4 is 10.9 Å². The Morgan fingerprint density at radius 1 is 1.18 bits per heavy atom. The summed E-state index contributed by atoms with van der Waals surface area (Å²) < 4.78 is 56.1. The summed E-state index contributed by atoms with van der Waals surface area (Å²) in [6.45, 7) is 0.580. The number of pyridine rings is 2. The summed E-state index contributed by atoms with van der Waals surface area (Å²) >= 11 is 0. The molecule has 3 aromatic heterocycles. The number of rotatable bonds is 3. The van der Waals surface area contributed by atoms with Crippen molar-refractivity contribution in [3.05, 3.63) is 87.1 Å². The van der Waals surface area contributed by atoms with Crippen molar-refractivity contribution in [2.24, 2.45) is 0 Å². The summed E-state index contributed by atoms with van der Waals surface area (Å²) in [5.41, 5.74) is 0.649. The van der Waals surface area contributed by atoms with Crippen LogP contribution in [0.3, 0.4) is 0 Å². The van der Waals surface area contributed by atoms with Gasteiger partial charge >= 0.3 is 0 Å². The molecule has 1 aliphatic rings. The van der Waals surface area contributed by atoms with Crippen LogP contribution in [0.15, 0.2) is 47.5 Å². The van der Waals surface area contributed by atoms with Crippen LogP contribution >= 0.6 is 0 Å². The lowest BCUT2D eigenvalue weighted by Gasteiger charge is -2.34. The minimum Gasteiger partial charge on any atom is -0.333 e. The maximum absolute atomic E-state index is 14.1. The van der Waals surface area contributed by atoms with Crippen molar-refractivity contribution in [2.45, 2.75) is 19.0 Å². The van der Waals surface area contributed by atoms with E-state index in [0.29, 0.717) is 17.8 Å². The first-order valence-corrected chi connectivity index (χ1v) is 10.2. The van der Waals surface area contributed by atoms with Gasteiger partial charge in [0.15, 0.2) is 11.6 Å². The monoisotopic (exact) mass is 458 g/mol. The highest BCUT2D eigenvalue weighted by Crippen LogP contribution is 2.33. The summed E-state index contributed by atoms with van der Waals surface area (Å²) in [7, 11) is 1.54.